The molecule has 20 heavy (non-hydrogen) atoms. The van der Waals surface area contributed by atoms with E-state index in [9.17, 15) is 13.0 Å². The van der Waals surface area contributed by atoms with Crippen LogP contribution in [-0.2, 0) is 15.1 Å². The zero-order valence-electron chi connectivity index (χ0n) is 10.8. The molecule has 7 heteroatoms. The van der Waals surface area contributed by atoms with Gasteiger partial charge in [0.15, 0.2) is 0 Å². The van der Waals surface area contributed by atoms with Gasteiger partial charge in [0.2, 0.25) is 4.99 Å². The minimum atomic E-state index is -4.66. The van der Waals surface area contributed by atoms with E-state index in [0.717, 1.165) is 0 Å². The Hall–Kier alpha value is -1.05. The van der Waals surface area contributed by atoms with E-state index in [1.54, 1.807) is 54.6 Å². The van der Waals surface area contributed by atoms with Gasteiger partial charge in [-0.15, -0.1) is 0 Å². The summed E-state index contributed by atoms with van der Waals surface area (Å²) in [5, 5.41) is 5.59. The van der Waals surface area contributed by atoms with Crippen LogP contribution in [0.4, 0.5) is 11.4 Å². The summed E-state index contributed by atoms with van der Waals surface area (Å²) in [5.74, 6) is 0. The van der Waals surface area contributed by atoms with E-state index in [1.165, 1.54) is 0 Å². The van der Waals surface area contributed by atoms with E-state index in [0.29, 0.717) is 16.9 Å². The van der Waals surface area contributed by atoms with Crippen molar-refractivity contribution in [3.05, 3.63) is 60.2 Å². The molecule has 0 amide bonds. The Kier molecular flexibility index (Phi) is 4.13. The second-order valence-corrected chi connectivity index (χ2v) is 5.82. The summed E-state index contributed by atoms with van der Waals surface area (Å²) >= 11 is 0. The summed E-state index contributed by atoms with van der Waals surface area (Å²) in [5.41, 5.74) is 1.54. The molecule has 0 radical (unpaired) electrons. The van der Waals surface area contributed by atoms with Crippen molar-refractivity contribution in [3.63, 3.8) is 0 Å². The van der Waals surface area contributed by atoms with Gasteiger partial charge in [0, 0.05) is 5.56 Å². The Bertz CT molecular complexity index is 694. The summed E-state index contributed by atoms with van der Waals surface area (Å²) in [6.07, 6.45) is 0. The van der Waals surface area contributed by atoms with Crippen molar-refractivity contribution in [2.24, 2.45) is 0 Å². The number of anilines is 2. The smallest absolute Gasteiger partial charge is 0.744 e. The molecule has 0 fully saturated rings. The maximum Gasteiger partial charge on any atom is 1.00 e. The number of para-hydroxylation sites is 2. The predicted octanol–water partition coefficient (Wildman–Crippen LogP) is -1.12. The molecule has 1 aliphatic rings. The predicted molar refractivity (Wildman–Crippen MR) is 71.5 cm³/mol. The van der Waals surface area contributed by atoms with Crippen LogP contribution < -0.4 is 40.2 Å². The molecule has 98 valence electrons. The first-order chi connectivity index (χ1) is 9.03. The van der Waals surface area contributed by atoms with Gasteiger partial charge in [0.25, 0.3) is 0 Å². The molecule has 2 N–H and O–H groups in total. The van der Waals surface area contributed by atoms with E-state index < -0.39 is 15.1 Å². The molecule has 1 aliphatic heterocycles. The van der Waals surface area contributed by atoms with Crippen LogP contribution in [0.25, 0.3) is 0 Å². The second kappa shape index (κ2) is 5.38. The summed E-state index contributed by atoms with van der Waals surface area (Å²) in [7, 11) is -4.66. The fourth-order valence-electron chi connectivity index (χ4n) is 2.20. The third-order valence-electron chi connectivity index (χ3n) is 3.10. The second-order valence-electron chi connectivity index (χ2n) is 4.30. The fourth-order valence-corrected chi connectivity index (χ4v) is 3.09. The Labute approximate surface area is 139 Å². The van der Waals surface area contributed by atoms with Crippen molar-refractivity contribution in [2.45, 2.75) is 4.99 Å². The van der Waals surface area contributed by atoms with Gasteiger partial charge in [0.1, 0.15) is 10.1 Å². The molecular weight excluding hydrogens is 287 g/mol. The molecular formula is C13H11N2NaO3S. The minimum absolute atomic E-state index is 0. The average Bonchev–Trinajstić information content (AvgIpc) is 2.80. The van der Waals surface area contributed by atoms with Gasteiger partial charge in [-0.3, -0.25) is 0 Å². The topological polar surface area (TPSA) is 81.3 Å². The minimum Gasteiger partial charge on any atom is -0.744 e. The quantitative estimate of drug-likeness (QED) is 0.542. The Morgan fingerprint density at radius 1 is 0.850 bits per heavy atom. The van der Waals surface area contributed by atoms with Crippen LogP contribution in [0.1, 0.15) is 5.56 Å². The molecule has 1 heterocycles. The van der Waals surface area contributed by atoms with Gasteiger partial charge in [0.05, 0.1) is 11.4 Å². The molecule has 0 saturated heterocycles. The summed E-state index contributed by atoms with van der Waals surface area (Å²) in [6.45, 7) is 0. The van der Waals surface area contributed by atoms with E-state index in [-0.39, 0.29) is 29.6 Å². The Balaban J connectivity index is 0.00000147. The van der Waals surface area contributed by atoms with Crippen LogP contribution in [0.15, 0.2) is 54.6 Å². The number of fused-ring (bicyclic) bond motifs is 1. The zero-order chi connectivity index (χ0) is 13.5. The van der Waals surface area contributed by atoms with Gasteiger partial charge < -0.3 is 15.2 Å². The first kappa shape index (κ1) is 15.3. The summed E-state index contributed by atoms with van der Waals surface area (Å²) in [6, 6.07) is 15.3. The van der Waals surface area contributed by atoms with Crippen molar-refractivity contribution in [2.75, 3.05) is 10.6 Å². The van der Waals surface area contributed by atoms with Crippen molar-refractivity contribution in [1.29, 1.82) is 0 Å². The van der Waals surface area contributed by atoms with Gasteiger partial charge in [-0.25, -0.2) is 8.42 Å². The first-order valence-electron chi connectivity index (χ1n) is 5.69. The molecule has 2 aromatic carbocycles. The van der Waals surface area contributed by atoms with Crippen molar-refractivity contribution in [3.8, 4) is 0 Å². The van der Waals surface area contributed by atoms with Crippen LogP contribution in [0.3, 0.4) is 0 Å². The molecule has 0 atom stereocenters. The summed E-state index contributed by atoms with van der Waals surface area (Å²) < 4.78 is 35.2. The van der Waals surface area contributed by atoms with Crippen LogP contribution >= 0.6 is 0 Å². The monoisotopic (exact) mass is 298 g/mol. The number of benzene rings is 2. The number of hydrogen-bond acceptors (Lipinski definition) is 5. The van der Waals surface area contributed by atoms with Crippen molar-refractivity contribution in [1.82, 2.24) is 0 Å². The first-order valence-corrected chi connectivity index (χ1v) is 7.10. The molecule has 3 rings (SSSR count). The molecule has 0 aromatic heterocycles. The Morgan fingerprint density at radius 3 is 1.75 bits per heavy atom. The molecule has 5 nitrogen and oxygen atoms in total. The summed E-state index contributed by atoms with van der Waals surface area (Å²) in [4.78, 5) is -1.85. The maximum absolute atomic E-state index is 11.7. The van der Waals surface area contributed by atoms with Crippen molar-refractivity contribution < 1.29 is 42.5 Å². The molecule has 2 aromatic rings. The molecule has 0 saturated carbocycles. The Morgan fingerprint density at radius 2 is 1.30 bits per heavy atom. The van der Waals surface area contributed by atoms with Crippen molar-refractivity contribution >= 4 is 21.5 Å². The van der Waals surface area contributed by atoms with Crippen LogP contribution in [0.5, 0.6) is 0 Å². The van der Waals surface area contributed by atoms with Crippen LogP contribution in [-0.4, -0.2) is 13.0 Å². The molecule has 0 unspecified atom stereocenters. The molecule has 0 bridgehead atoms. The van der Waals surface area contributed by atoms with E-state index in [1.807, 2.05) is 0 Å². The number of nitrogens with one attached hydrogen (secondary N) is 2. The van der Waals surface area contributed by atoms with Crippen LogP contribution in [0, 0.1) is 0 Å². The van der Waals surface area contributed by atoms with Gasteiger partial charge in [-0.05, 0) is 12.1 Å². The fraction of sp³-hybridized carbons (Fsp3) is 0.0769. The molecule has 0 aliphatic carbocycles. The standard InChI is InChI=1S/C13H12N2O3S.Na/c16-19(17,18)13(10-6-2-1-3-7-10)14-11-8-4-5-9-12(11)15-13;/h1-9,14-15H,(H,16,17,18);/q;+1/p-1. The number of rotatable bonds is 2. The third-order valence-corrected chi connectivity index (χ3v) is 4.29. The van der Waals surface area contributed by atoms with Gasteiger partial charge >= 0.3 is 29.6 Å². The largest absolute Gasteiger partial charge is 1.00 e. The van der Waals surface area contributed by atoms with E-state index in [2.05, 4.69) is 10.6 Å². The SMILES string of the molecule is O=S(=O)([O-])C1(c2ccccc2)Nc2ccccc2N1.[Na+]. The van der Waals surface area contributed by atoms with Gasteiger partial charge in [-0.2, -0.15) is 0 Å². The van der Waals surface area contributed by atoms with Crippen LogP contribution in [0.2, 0.25) is 0 Å². The zero-order valence-corrected chi connectivity index (χ0v) is 13.6. The molecule has 0 spiro atoms. The average molecular weight is 298 g/mol. The number of hydrogen-bond donors (Lipinski definition) is 2. The third kappa shape index (κ3) is 2.34. The van der Waals surface area contributed by atoms with E-state index in [4.69, 9.17) is 0 Å². The van der Waals surface area contributed by atoms with E-state index >= 15 is 0 Å². The normalized spacial score (nSPS) is 15.4. The van der Waals surface area contributed by atoms with Gasteiger partial charge in [-0.1, -0.05) is 42.5 Å². The maximum atomic E-state index is 11.7.